The highest BCUT2D eigenvalue weighted by Crippen LogP contribution is 2.33. The number of hydrogen-bond acceptors (Lipinski definition) is 5. The number of benzene rings is 2. The molecule has 1 saturated heterocycles. The molecule has 2 N–H and O–H groups in total. The van der Waals surface area contributed by atoms with Crippen LogP contribution >= 0.6 is 0 Å². The van der Waals surface area contributed by atoms with Crippen LogP contribution in [-0.4, -0.2) is 43.1 Å². The van der Waals surface area contributed by atoms with E-state index in [9.17, 15) is 9.59 Å². The van der Waals surface area contributed by atoms with Crippen LogP contribution in [0.2, 0.25) is 0 Å². The lowest BCUT2D eigenvalue weighted by Crippen LogP contribution is -2.41. The number of likely N-dealkylation sites (tertiary alicyclic amines) is 1. The lowest BCUT2D eigenvalue weighted by atomic mass is 10.0. The number of ether oxygens (including phenoxy) is 2. The van der Waals surface area contributed by atoms with E-state index in [2.05, 4.69) is 27.7 Å². The molecule has 0 unspecified atom stereocenters. The molecule has 7 nitrogen and oxygen atoms in total. The molecule has 0 aliphatic carbocycles. The average Bonchev–Trinajstić information content (AvgIpc) is 3.16. The predicted octanol–water partition coefficient (Wildman–Crippen LogP) is 2.94. The minimum Gasteiger partial charge on any atom is -0.486 e. The molecule has 2 aliphatic heterocycles. The van der Waals surface area contributed by atoms with E-state index in [1.165, 1.54) is 5.56 Å². The smallest absolute Gasteiger partial charge is 0.325 e. The van der Waals surface area contributed by atoms with Crippen molar-refractivity contribution in [2.75, 3.05) is 31.6 Å². The summed E-state index contributed by atoms with van der Waals surface area (Å²) < 4.78 is 11.0. The molecule has 0 spiro atoms. The Hall–Kier alpha value is -3.06. The van der Waals surface area contributed by atoms with E-state index in [0.717, 1.165) is 19.4 Å². The maximum absolute atomic E-state index is 12.4. The molecule has 0 aromatic heterocycles. The topological polar surface area (TPSA) is 79.9 Å². The van der Waals surface area contributed by atoms with E-state index in [0.29, 0.717) is 30.4 Å². The molecule has 4 rings (SSSR count). The highest BCUT2D eigenvalue weighted by molar-refractivity contribution is 6.01. The third kappa shape index (κ3) is 4.26. The van der Waals surface area contributed by atoms with Gasteiger partial charge in [0.1, 0.15) is 13.2 Å². The maximum Gasteiger partial charge on any atom is 0.325 e. The summed E-state index contributed by atoms with van der Waals surface area (Å²) >= 11 is 0. The van der Waals surface area contributed by atoms with Crippen molar-refractivity contribution in [3.8, 4) is 11.5 Å². The van der Waals surface area contributed by atoms with Crippen molar-refractivity contribution in [3.05, 3.63) is 54.1 Å². The van der Waals surface area contributed by atoms with Crippen molar-refractivity contribution >= 4 is 17.6 Å². The third-order valence-electron chi connectivity index (χ3n) is 4.95. The number of amides is 3. The van der Waals surface area contributed by atoms with Gasteiger partial charge in [-0.05, 0) is 37.1 Å². The molecule has 7 heteroatoms. The molecule has 2 heterocycles. The number of carbonyl (C=O) groups is 2. The minimum atomic E-state index is -0.558. The van der Waals surface area contributed by atoms with Gasteiger partial charge in [-0.25, -0.2) is 4.79 Å². The fraction of sp³-hybridized carbons (Fsp3) is 0.333. The molecule has 1 fully saturated rings. The van der Waals surface area contributed by atoms with E-state index in [1.807, 2.05) is 18.2 Å². The summed E-state index contributed by atoms with van der Waals surface area (Å²) in [5.41, 5.74) is 1.74. The van der Waals surface area contributed by atoms with Crippen LogP contribution in [0.1, 0.15) is 24.4 Å². The molecule has 0 saturated carbocycles. The number of nitrogens with one attached hydrogen (secondary N) is 2. The number of anilines is 1. The fourth-order valence-electron chi connectivity index (χ4n) is 3.70. The fourth-order valence-corrected chi connectivity index (χ4v) is 3.70. The first-order valence-electron chi connectivity index (χ1n) is 9.48. The average molecular weight is 381 g/mol. The number of fused-ring (bicyclic) bond motifs is 1. The van der Waals surface area contributed by atoms with E-state index < -0.39 is 6.03 Å². The second-order valence-corrected chi connectivity index (χ2v) is 6.90. The van der Waals surface area contributed by atoms with Gasteiger partial charge in [0.25, 0.3) is 0 Å². The van der Waals surface area contributed by atoms with E-state index in [-0.39, 0.29) is 18.5 Å². The number of imide groups is 1. The second-order valence-electron chi connectivity index (χ2n) is 6.90. The third-order valence-corrected chi connectivity index (χ3v) is 4.95. The van der Waals surface area contributed by atoms with Crippen LogP contribution in [0.25, 0.3) is 0 Å². The van der Waals surface area contributed by atoms with Crippen LogP contribution in [0.15, 0.2) is 48.5 Å². The van der Waals surface area contributed by atoms with Gasteiger partial charge >= 0.3 is 6.03 Å². The minimum absolute atomic E-state index is 0.189. The normalized spacial score (nSPS) is 18.5. The van der Waals surface area contributed by atoms with Crippen molar-refractivity contribution in [2.45, 2.75) is 18.9 Å². The Balaban J connectivity index is 1.31. The van der Waals surface area contributed by atoms with E-state index in [1.54, 1.807) is 18.2 Å². The summed E-state index contributed by atoms with van der Waals surface area (Å²) in [7, 11) is 0. The lowest BCUT2D eigenvalue weighted by molar-refractivity contribution is -0.121. The zero-order chi connectivity index (χ0) is 19.3. The maximum atomic E-state index is 12.4. The van der Waals surface area contributed by atoms with Gasteiger partial charge in [-0.15, -0.1) is 0 Å². The summed E-state index contributed by atoms with van der Waals surface area (Å²) in [6.45, 7) is 2.01. The first-order valence-corrected chi connectivity index (χ1v) is 9.48. The van der Waals surface area contributed by atoms with Gasteiger partial charge in [0.05, 0.1) is 6.54 Å². The summed E-state index contributed by atoms with van der Waals surface area (Å²) in [6, 6.07) is 14.9. The van der Waals surface area contributed by atoms with Gasteiger partial charge in [-0.3, -0.25) is 15.0 Å². The van der Waals surface area contributed by atoms with Crippen LogP contribution < -0.4 is 20.1 Å². The van der Waals surface area contributed by atoms with Gasteiger partial charge in [-0.1, -0.05) is 30.3 Å². The van der Waals surface area contributed by atoms with Crippen LogP contribution in [-0.2, 0) is 4.79 Å². The molecule has 0 bridgehead atoms. The molecule has 28 heavy (non-hydrogen) atoms. The Labute approximate surface area is 163 Å². The van der Waals surface area contributed by atoms with Gasteiger partial charge < -0.3 is 14.8 Å². The van der Waals surface area contributed by atoms with Crippen molar-refractivity contribution in [2.24, 2.45) is 0 Å². The monoisotopic (exact) mass is 381 g/mol. The number of nitrogens with zero attached hydrogens (tertiary/aromatic N) is 1. The number of hydrogen-bond donors (Lipinski definition) is 2. The standard InChI is InChI=1S/C21H23N3O4/c25-20(14-24-10-4-7-17(24)15-5-2-1-3-6-15)23-21(26)22-16-8-9-18-19(13-16)28-12-11-27-18/h1-3,5-6,8-9,13,17H,4,7,10-12,14H2,(H2,22,23,25,26)/t17-/m0/s1. The zero-order valence-electron chi connectivity index (χ0n) is 15.5. The van der Waals surface area contributed by atoms with E-state index in [4.69, 9.17) is 9.47 Å². The SMILES string of the molecule is O=C(CN1CCC[C@H]1c1ccccc1)NC(=O)Nc1ccc2c(c1)OCCO2. The largest absolute Gasteiger partial charge is 0.486 e. The molecule has 1 atom stereocenters. The van der Waals surface area contributed by atoms with E-state index >= 15 is 0 Å². The molecule has 146 valence electrons. The lowest BCUT2D eigenvalue weighted by Gasteiger charge is -2.24. The van der Waals surface area contributed by atoms with Crippen LogP contribution in [0, 0.1) is 0 Å². The Kier molecular flexibility index (Phi) is 5.43. The number of rotatable bonds is 4. The number of urea groups is 1. The van der Waals surface area contributed by atoms with Crippen LogP contribution in [0.5, 0.6) is 11.5 Å². The van der Waals surface area contributed by atoms with Gasteiger partial charge in [-0.2, -0.15) is 0 Å². The summed E-state index contributed by atoms with van der Waals surface area (Å²) in [5.74, 6) is 0.908. The first-order chi connectivity index (χ1) is 13.7. The molecule has 2 aromatic carbocycles. The summed E-state index contributed by atoms with van der Waals surface area (Å²) in [4.78, 5) is 26.6. The highest BCUT2D eigenvalue weighted by atomic mass is 16.6. The molecular weight excluding hydrogens is 358 g/mol. The Bertz CT molecular complexity index is 856. The highest BCUT2D eigenvalue weighted by Gasteiger charge is 2.27. The molecule has 0 radical (unpaired) electrons. The molecule has 3 amide bonds. The summed E-state index contributed by atoms with van der Waals surface area (Å²) in [5, 5.41) is 5.07. The Morgan fingerprint density at radius 2 is 1.82 bits per heavy atom. The molecule has 2 aliphatic rings. The Morgan fingerprint density at radius 3 is 2.64 bits per heavy atom. The van der Waals surface area contributed by atoms with Crippen LogP contribution in [0.4, 0.5) is 10.5 Å². The quantitative estimate of drug-likeness (QED) is 0.851. The Morgan fingerprint density at radius 1 is 1.04 bits per heavy atom. The van der Waals surface area contributed by atoms with Gasteiger partial charge in [0.2, 0.25) is 5.91 Å². The summed E-state index contributed by atoms with van der Waals surface area (Å²) in [6.07, 6.45) is 2.05. The molecule has 2 aromatic rings. The first kappa shape index (κ1) is 18.3. The van der Waals surface area contributed by atoms with Crippen molar-refractivity contribution in [1.29, 1.82) is 0 Å². The second kappa shape index (κ2) is 8.31. The zero-order valence-corrected chi connectivity index (χ0v) is 15.5. The van der Waals surface area contributed by atoms with Gasteiger partial charge in [0.15, 0.2) is 11.5 Å². The molecular formula is C21H23N3O4. The predicted molar refractivity (Wildman–Crippen MR) is 105 cm³/mol. The van der Waals surface area contributed by atoms with Gasteiger partial charge in [0, 0.05) is 17.8 Å². The van der Waals surface area contributed by atoms with Crippen LogP contribution in [0.3, 0.4) is 0 Å². The van der Waals surface area contributed by atoms with Crippen molar-refractivity contribution in [3.63, 3.8) is 0 Å². The number of carbonyl (C=O) groups excluding carboxylic acids is 2. The van der Waals surface area contributed by atoms with Crippen molar-refractivity contribution in [1.82, 2.24) is 10.2 Å². The van der Waals surface area contributed by atoms with Crippen molar-refractivity contribution < 1.29 is 19.1 Å².